The van der Waals surface area contributed by atoms with Crippen LogP contribution in [0.5, 0.6) is 0 Å². The van der Waals surface area contributed by atoms with Crippen molar-refractivity contribution in [2.45, 2.75) is 11.0 Å². The topological polar surface area (TPSA) is 109 Å². The van der Waals surface area contributed by atoms with E-state index in [2.05, 4.69) is 0 Å². The molecule has 1 unspecified atom stereocenters. The smallest absolute Gasteiger partial charge is 0.339 e. The average molecular weight is 515 g/mol. The lowest BCUT2D eigenvalue weighted by atomic mass is 10.0. The number of aliphatic hydroxyl groups excluding tert-OH is 1. The summed E-state index contributed by atoms with van der Waals surface area (Å²) in [6.45, 7) is 0. The van der Waals surface area contributed by atoms with Crippen LogP contribution in [0.15, 0.2) is 71.6 Å². The summed E-state index contributed by atoms with van der Waals surface area (Å²) < 4.78 is 33.1. The maximum atomic E-state index is 13.7. The Morgan fingerprint density at radius 3 is 2.44 bits per heavy atom. The SMILES string of the molecule is COC(=O)c1ccc(Cl)c(C(O)c2cc3ccc(C#N)cc3n2S(=O)(=O)c2ccccc2)c1Cl. The van der Waals surface area contributed by atoms with E-state index < -0.39 is 22.1 Å². The molecule has 0 bridgehead atoms. The zero-order valence-electron chi connectivity index (χ0n) is 17.6. The average Bonchev–Trinajstić information content (AvgIpc) is 3.23. The number of benzene rings is 3. The zero-order valence-corrected chi connectivity index (χ0v) is 19.9. The Morgan fingerprint density at radius 2 is 1.79 bits per heavy atom. The van der Waals surface area contributed by atoms with Crippen molar-refractivity contribution in [3.05, 3.63) is 99.2 Å². The highest BCUT2D eigenvalue weighted by Crippen LogP contribution is 2.39. The number of methoxy groups -OCH3 is 1. The van der Waals surface area contributed by atoms with Gasteiger partial charge in [0.1, 0.15) is 6.10 Å². The quantitative estimate of drug-likeness (QED) is 0.378. The van der Waals surface area contributed by atoms with Crippen LogP contribution in [0.3, 0.4) is 0 Å². The Balaban J connectivity index is 2.04. The Hall–Kier alpha value is -3.35. The number of esters is 1. The number of hydrogen-bond acceptors (Lipinski definition) is 6. The van der Waals surface area contributed by atoms with Crippen LogP contribution in [0.4, 0.5) is 0 Å². The number of hydrogen-bond donors (Lipinski definition) is 1. The van der Waals surface area contributed by atoms with Crippen LogP contribution in [-0.2, 0) is 14.8 Å². The predicted molar refractivity (Wildman–Crippen MR) is 128 cm³/mol. The molecule has 1 atom stereocenters. The number of aliphatic hydroxyl groups is 1. The molecule has 0 spiro atoms. The van der Waals surface area contributed by atoms with Crippen molar-refractivity contribution in [1.29, 1.82) is 5.26 Å². The number of nitrogens with zero attached hydrogens (tertiary/aromatic N) is 2. The molecule has 0 fully saturated rings. The van der Waals surface area contributed by atoms with Crippen LogP contribution in [0.1, 0.15) is 33.3 Å². The van der Waals surface area contributed by atoms with Gasteiger partial charge in [0.05, 0.1) is 45.4 Å². The number of ether oxygens (including phenoxy) is 1. The van der Waals surface area contributed by atoms with Crippen molar-refractivity contribution in [2.75, 3.05) is 7.11 Å². The van der Waals surface area contributed by atoms with Gasteiger partial charge in [0.25, 0.3) is 10.0 Å². The minimum Gasteiger partial charge on any atom is -0.465 e. The first-order valence-electron chi connectivity index (χ1n) is 9.81. The van der Waals surface area contributed by atoms with Gasteiger partial charge in [-0.25, -0.2) is 17.2 Å². The third-order valence-electron chi connectivity index (χ3n) is 5.28. The Kier molecular flexibility index (Phi) is 6.39. The largest absolute Gasteiger partial charge is 0.465 e. The van der Waals surface area contributed by atoms with E-state index in [1.54, 1.807) is 24.3 Å². The second-order valence-corrected chi connectivity index (χ2v) is 9.83. The van der Waals surface area contributed by atoms with Gasteiger partial charge in [-0.2, -0.15) is 5.26 Å². The number of halogens is 2. The molecule has 0 saturated carbocycles. The Labute approximate surface area is 205 Å². The molecule has 4 rings (SSSR count). The molecule has 0 aliphatic heterocycles. The molecular formula is C24H16Cl2N2O5S. The molecule has 10 heteroatoms. The molecule has 1 aromatic heterocycles. The molecule has 1 heterocycles. The number of carbonyl (C=O) groups is 1. The zero-order chi connectivity index (χ0) is 24.6. The summed E-state index contributed by atoms with van der Waals surface area (Å²) in [5.41, 5.74) is 0.259. The molecule has 7 nitrogen and oxygen atoms in total. The number of rotatable bonds is 5. The van der Waals surface area contributed by atoms with Crippen LogP contribution in [0.2, 0.25) is 10.0 Å². The minimum atomic E-state index is -4.22. The van der Waals surface area contributed by atoms with Crippen LogP contribution >= 0.6 is 23.2 Å². The maximum Gasteiger partial charge on any atom is 0.339 e. The minimum absolute atomic E-state index is 0.0242. The van der Waals surface area contributed by atoms with Gasteiger partial charge in [-0.15, -0.1) is 0 Å². The first-order chi connectivity index (χ1) is 16.2. The normalized spacial score (nSPS) is 12.3. The van der Waals surface area contributed by atoms with Crippen molar-refractivity contribution >= 4 is 50.1 Å². The van der Waals surface area contributed by atoms with Crippen LogP contribution in [0.25, 0.3) is 10.9 Å². The lowest BCUT2D eigenvalue weighted by Gasteiger charge is -2.19. The van der Waals surface area contributed by atoms with Gasteiger partial charge in [0, 0.05) is 16.0 Å². The molecule has 34 heavy (non-hydrogen) atoms. The van der Waals surface area contributed by atoms with E-state index in [0.717, 1.165) is 3.97 Å². The molecular weight excluding hydrogens is 499 g/mol. The van der Waals surface area contributed by atoms with Crippen molar-refractivity contribution in [3.8, 4) is 6.07 Å². The van der Waals surface area contributed by atoms with Gasteiger partial charge in [0.2, 0.25) is 0 Å². The van der Waals surface area contributed by atoms with E-state index in [0.29, 0.717) is 5.39 Å². The molecule has 0 aliphatic carbocycles. The molecule has 0 amide bonds. The molecule has 4 aromatic rings. The highest BCUT2D eigenvalue weighted by Gasteiger charge is 2.30. The molecule has 1 N–H and O–H groups in total. The molecule has 0 radical (unpaired) electrons. The molecule has 0 aliphatic rings. The lowest BCUT2D eigenvalue weighted by Crippen LogP contribution is -2.19. The van der Waals surface area contributed by atoms with E-state index in [1.807, 2.05) is 6.07 Å². The summed E-state index contributed by atoms with van der Waals surface area (Å²) in [5, 5.41) is 21.0. The lowest BCUT2D eigenvalue weighted by molar-refractivity contribution is 0.0600. The molecule has 3 aromatic carbocycles. The van der Waals surface area contributed by atoms with Crippen molar-refractivity contribution < 1.29 is 23.1 Å². The fourth-order valence-electron chi connectivity index (χ4n) is 3.66. The van der Waals surface area contributed by atoms with Crippen molar-refractivity contribution in [1.82, 2.24) is 3.97 Å². The monoisotopic (exact) mass is 514 g/mol. The van der Waals surface area contributed by atoms with E-state index in [1.165, 1.54) is 49.6 Å². The summed E-state index contributed by atoms with van der Waals surface area (Å²) in [4.78, 5) is 12.1. The highest BCUT2D eigenvalue weighted by molar-refractivity contribution is 7.90. The standard InChI is InChI=1S/C24H16Cl2N2O5S/c1-33-24(30)17-9-10-18(25)21(22(17)26)23(29)20-12-15-8-7-14(13-27)11-19(15)28(20)34(31,32)16-5-3-2-4-6-16/h2-12,23,29H,1H3. The van der Waals surface area contributed by atoms with E-state index in [9.17, 15) is 23.6 Å². The third kappa shape index (κ3) is 3.93. The highest BCUT2D eigenvalue weighted by atomic mass is 35.5. The molecule has 172 valence electrons. The second kappa shape index (κ2) is 9.12. The number of carbonyl (C=O) groups excluding carboxylic acids is 1. The summed E-state index contributed by atoms with van der Waals surface area (Å²) in [5.74, 6) is -0.744. The number of aromatic nitrogens is 1. The van der Waals surface area contributed by atoms with E-state index in [4.69, 9.17) is 27.9 Å². The third-order valence-corrected chi connectivity index (χ3v) is 7.78. The summed E-state index contributed by atoms with van der Waals surface area (Å²) in [7, 11) is -3.04. The van der Waals surface area contributed by atoms with Crippen LogP contribution in [0, 0.1) is 11.3 Å². The first-order valence-corrected chi connectivity index (χ1v) is 12.0. The van der Waals surface area contributed by atoms with Crippen molar-refractivity contribution in [2.24, 2.45) is 0 Å². The Bertz CT molecular complexity index is 1570. The number of fused-ring (bicyclic) bond motifs is 1. The van der Waals surface area contributed by atoms with Gasteiger partial charge in [-0.3, -0.25) is 0 Å². The van der Waals surface area contributed by atoms with Gasteiger partial charge in [-0.05, 0) is 42.5 Å². The Morgan fingerprint density at radius 1 is 1.09 bits per heavy atom. The van der Waals surface area contributed by atoms with Crippen molar-refractivity contribution in [3.63, 3.8) is 0 Å². The summed E-state index contributed by atoms with van der Waals surface area (Å²) in [6.07, 6.45) is -1.64. The van der Waals surface area contributed by atoms with Gasteiger partial charge < -0.3 is 9.84 Å². The van der Waals surface area contributed by atoms with E-state index >= 15 is 0 Å². The molecule has 0 saturated heterocycles. The fraction of sp³-hybridized carbons (Fsp3) is 0.0833. The van der Waals surface area contributed by atoms with Gasteiger partial charge in [-0.1, -0.05) is 47.5 Å². The van der Waals surface area contributed by atoms with Gasteiger partial charge in [0.15, 0.2) is 0 Å². The van der Waals surface area contributed by atoms with Crippen LogP contribution in [-0.4, -0.2) is 30.6 Å². The van der Waals surface area contributed by atoms with Gasteiger partial charge >= 0.3 is 5.97 Å². The first kappa shape index (κ1) is 23.8. The number of nitriles is 1. The van der Waals surface area contributed by atoms with E-state index in [-0.39, 0.29) is 42.8 Å². The van der Waals surface area contributed by atoms with Crippen LogP contribution < -0.4 is 0 Å². The second-order valence-electron chi connectivity index (χ2n) is 7.25. The maximum absolute atomic E-state index is 13.7. The predicted octanol–water partition coefficient (Wildman–Crippen LogP) is 4.93. The summed E-state index contributed by atoms with van der Waals surface area (Å²) >= 11 is 12.7. The summed E-state index contributed by atoms with van der Waals surface area (Å²) in [6, 6.07) is 18.4. The fourth-order valence-corrected chi connectivity index (χ4v) is 5.87.